The van der Waals surface area contributed by atoms with Crippen LogP contribution in [0, 0.1) is 0 Å². The molecule has 0 aliphatic rings. The summed E-state index contributed by atoms with van der Waals surface area (Å²) in [5, 5.41) is 13.1. The molecular formula is C18H14ClN5S2. The average molecular weight is 400 g/mol. The summed E-state index contributed by atoms with van der Waals surface area (Å²) in [6, 6.07) is 13.5. The number of benzene rings is 1. The van der Waals surface area contributed by atoms with Gasteiger partial charge in [-0.15, -0.1) is 21.5 Å². The van der Waals surface area contributed by atoms with Crippen LogP contribution in [0.3, 0.4) is 0 Å². The monoisotopic (exact) mass is 399 g/mol. The van der Waals surface area contributed by atoms with E-state index >= 15 is 0 Å². The van der Waals surface area contributed by atoms with Gasteiger partial charge in [0.15, 0.2) is 11.0 Å². The van der Waals surface area contributed by atoms with E-state index < -0.39 is 0 Å². The molecule has 3 aromatic heterocycles. The fourth-order valence-electron chi connectivity index (χ4n) is 2.43. The first-order chi connectivity index (χ1) is 12.7. The molecule has 0 bridgehead atoms. The molecule has 0 amide bonds. The van der Waals surface area contributed by atoms with Crippen LogP contribution in [0.4, 0.5) is 0 Å². The fourth-order valence-corrected chi connectivity index (χ4v) is 4.48. The molecule has 0 fully saturated rings. The number of thiazole rings is 1. The Morgan fingerprint density at radius 3 is 2.77 bits per heavy atom. The van der Waals surface area contributed by atoms with E-state index in [2.05, 4.69) is 20.6 Å². The highest BCUT2D eigenvalue weighted by atomic mass is 35.5. The van der Waals surface area contributed by atoms with E-state index in [1.165, 1.54) is 0 Å². The van der Waals surface area contributed by atoms with Crippen LogP contribution in [0.1, 0.15) is 5.69 Å². The van der Waals surface area contributed by atoms with Crippen LogP contribution in [-0.4, -0.2) is 24.7 Å². The molecule has 0 aliphatic heterocycles. The quantitative estimate of drug-likeness (QED) is 0.444. The Labute approximate surface area is 164 Å². The van der Waals surface area contributed by atoms with E-state index in [0.29, 0.717) is 5.02 Å². The summed E-state index contributed by atoms with van der Waals surface area (Å²) in [6.07, 6.45) is 1.75. The Balaban J connectivity index is 1.49. The summed E-state index contributed by atoms with van der Waals surface area (Å²) < 4.78 is 1.95. The summed E-state index contributed by atoms with van der Waals surface area (Å²) >= 11 is 9.45. The van der Waals surface area contributed by atoms with Crippen molar-refractivity contribution in [2.45, 2.75) is 10.9 Å². The van der Waals surface area contributed by atoms with Crippen LogP contribution in [-0.2, 0) is 12.8 Å². The SMILES string of the molecule is Cn1c(SCc2csc(-c3ccccc3Cl)n2)nnc1-c1ccccn1. The van der Waals surface area contributed by atoms with Crippen LogP contribution < -0.4 is 0 Å². The van der Waals surface area contributed by atoms with Gasteiger partial charge in [0.25, 0.3) is 0 Å². The highest BCUT2D eigenvalue weighted by molar-refractivity contribution is 7.98. The lowest BCUT2D eigenvalue weighted by Crippen LogP contribution is -1.96. The minimum absolute atomic E-state index is 0.717. The number of hydrogen-bond acceptors (Lipinski definition) is 6. The lowest BCUT2D eigenvalue weighted by Gasteiger charge is -2.02. The van der Waals surface area contributed by atoms with Crippen molar-refractivity contribution in [3.05, 3.63) is 64.8 Å². The van der Waals surface area contributed by atoms with Gasteiger partial charge in [-0.25, -0.2) is 4.98 Å². The van der Waals surface area contributed by atoms with E-state index in [9.17, 15) is 0 Å². The number of nitrogens with zero attached hydrogens (tertiary/aromatic N) is 5. The molecule has 0 saturated heterocycles. The molecule has 0 aliphatic carbocycles. The third kappa shape index (κ3) is 3.51. The molecule has 130 valence electrons. The molecule has 5 nitrogen and oxygen atoms in total. The number of thioether (sulfide) groups is 1. The van der Waals surface area contributed by atoms with E-state index in [4.69, 9.17) is 16.6 Å². The van der Waals surface area contributed by atoms with E-state index in [0.717, 1.165) is 38.7 Å². The molecule has 26 heavy (non-hydrogen) atoms. The van der Waals surface area contributed by atoms with Gasteiger partial charge < -0.3 is 4.57 Å². The van der Waals surface area contributed by atoms with Crippen molar-refractivity contribution in [1.82, 2.24) is 24.7 Å². The van der Waals surface area contributed by atoms with Gasteiger partial charge in [0, 0.05) is 29.9 Å². The molecule has 0 N–H and O–H groups in total. The highest BCUT2D eigenvalue weighted by Crippen LogP contribution is 2.32. The third-order valence-corrected chi connectivity index (χ3v) is 6.04. The Hall–Kier alpha value is -2.22. The molecule has 0 radical (unpaired) electrons. The Morgan fingerprint density at radius 1 is 1.12 bits per heavy atom. The first-order valence-corrected chi connectivity index (χ1v) is 10.1. The van der Waals surface area contributed by atoms with Crippen LogP contribution >= 0.6 is 34.7 Å². The molecule has 0 atom stereocenters. The smallest absolute Gasteiger partial charge is 0.191 e. The number of rotatable bonds is 5. The predicted octanol–water partition coefficient (Wildman–Crippen LogP) is 4.95. The fraction of sp³-hybridized carbons (Fsp3) is 0.111. The molecule has 0 spiro atoms. The second-order valence-electron chi connectivity index (χ2n) is 5.49. The van der Waals surface area contributed by atoms with Crippen LogP contribution in [0.2, 0.25) is 5.02 Å². The summed E-state index contributed by atoms with van der Waals surface area (Å²) in [4.78, 5) is 9.03. The van der Waals surface area contributed by atoms with Gasteiger partial charge in [0.05, 0.1) is 10.7 Å². The van der Waals surface area contributed by atoms with Gasteiger partial charge in [-0.2, -0.15) is 0 Å². The van der Waals surface area contributed by atoms with Crippen molar-refractivity contribution < 1.29 is 0 Å². The van der Waals surface area contributed by atoms with Gasteiger partial charge in [0.1, 0.15) is 10.7 Å². The molecule has 1 aromatic carbocycles. The molecular weight excluding hydrogens is 386 g/mol. The zero-order chi connectivity index (χ0) is 17.9. The summed E-state index contributed by atoms with van der Waals surface area (Å²) in [5.41, 5.74) is 2.77. The summed E-state index contributed by atoms with van der Waals surface area (Å²) in [7, 11) is 1.95. The molecule has 8 heteroatoms. The average Bonchev–Trinajstić information content (AvgIpc) is 3.28. The normalized spacial score (nSPS) is 11.0. The molecule has 0 saturated carbocycles. The Kier molecular flexibility index (Phi) is 5.01. The number of halogens is 1. The minimum atomic E-state index is 0.717. The predicted molar refractivity (Wildman–Crippen MR) is 106 cm³/mol. The maximum Gasteiger partial charge on any atom is 0.191 e. The third-order valence-electron chi connectivity index (χ3n) is 3.73. The van der Waals surface area contributed by atoms with E-state index in [-0.39, 0.29) is 0 Å². The summed E-state index contributed by atoms with van der Waals surface area (Å²) in [5.74, 6) is 1.47. The van der Waals surface area contributed by atoms with Gasteiger partial charge in [0.2, 0.25) is 0 Å². The van der Waals surface area contributed by atoms with E-state index in [1.807, 2.05) is 54.1 Å². The van der Waals surface area contributed by atoms with Crippen molar-refractivity contribution in [2.24, 2.45) is 7.05 Å². The second-order valence-corrected chi connectivity index (χ2v) is 7.70. The zero-order valence-electron chi connectivity index (χ0n) is 13.8. The first kappa shape index (κ1) is 17.2. The van der Waals surface area contributed by atoms with Crippen molar-refractivity contribution in [3.8, 4) is 22.1 Å². The number of pyridine rings is 1. The Bertz CT molecular complexity index is 1030. The zero-order valence-corrected chi connectivity index (χ0v) is 16.2. The first-order valence-electron chi connectivity index (χ1n) is 7.85. The van der Waals surface area contributed by atoms with Crippen molar-refractivity contribution >= 4 is 34.7 Å². The second kappa shape index (κ2) is 7.57. The number of hydrogen-bond donors (Lipinski definition) is 0. The summed E-state index contributed by atoms with van der Waals surface area (Å²) in [6.45, 7) is 0. The molecule has 4 rings (SSSR count). The van der Waals surface area contributed by atoms with Gasteiger partial charge in [-0.1, -0.05) is 47.6 Å². The van der Waals surface area contributed by atoms with Gasteiger partial charge in [-0.3, -0.25) is 4.98 Å². The molecule has 4 aromatic rings. The lowest BCUT2D eigenvalue weighted by molar-refractivity contribution is 0.792. The topological polar surface area (TPSA) is 56.5 Å². The van der Waals surface area contributed by atoms with Crippen LogP contribution in [0.25, 0.3) is 22.1 Å². The molecule has 3 heterocycles. The maximum absolute atomic E-state index is 6.26. The van der Waals surface area contributed by atoms with Crippen molar-refractivity contribution in [3.63, 3.8) is 0 Å². The standard InChI is InChI=1S/C18H14ClN5S2/c1-24-16(15-8-4-5-9-20-15)22-23-18(24)26-11-12-10-25-17(21-12)13-6-2-3-7-14(13)19/h2-10H,11H2,1H3. The van der Waals surface area contributed by atoms with Crippen LogP contribution in [0.5, 0.6) is 0 Å². The van der Waals surface area contributed by atoms with Crippen molar-refractivity contribution in [2.75, 3.05) is 0 Å². The van der Waals surface area contributed by atoms with Crippen LogP contribution in [0.15, 0.2) is 59.2 Å². The largest absolute Gasteiger partial charge is 0.304 e. The van der Waals surface area contributed by atoms with Gasteiger partial charge in [-0.05, 0) is 18.2 Å². The lowest BCUT2D eigenvalue weighted by atomic mass is 10.2. The Morgan fingerprint density at radius 2 is 1.96 bits per heavy atom. The van der Waals surface area contributed by atoms with Gasteiger partial charge >= 0.3 is 0 Å². The number of aromatic nitrogens is 5. The van der Waals surface area contributed by atoms with Crippen molar-refractivity contribution in [1.29, 1.82) is 0 Å². The highest BCUT2D eigenvalue weighted by Gasteiger charge is 2.13. The minimum Gasteiger partial charge on any atom is -0.304 e. The molecule has 0 unspecified atom stereocenters. The maximum atomic E-state index is 6.26. The van der Waals surface area contributed by atoms with E-state index in [1.54, 1.807) is 29.3 Å².